The number of nitrogens with zero attached hydrogens (tertiary/aromatic N) is 1. The van der Waals surface area contributed by atoms with E-state index in [1.807, 2.05) is 6.92 Å². The number of sulfonamides is 1. The topological polar surface area (TPSA) is 84.9 Å². The first-order valence-corrected chi connectivity index (χ1v) is 10.8. The molecule has 0 spiro atoms. The standard InChI is InChI=1S/C21H28N2O5S/c1-6-23(7-2)29(25,26)18-11-8-16(9-12-18)15(3)22-21(24)17-10-13-19(27-4)20(14-17)28-5/h8-15H,6-7H2,1-5H3,(H,22,24)/t15-/m0/s1. The molecule has 0 fully saturated rings. The van der Waals surface area contributed by atoms with Crippen molar-refractivity contribution >= 4 is 15.9 Å². The van der Waals surface area contributed by atoms with E-state index in [9.17, 15) is 13.2 Å². The molecule has 158 valence electrons. The second-order valence-electron chi connectivity index (χ2n) is 6.42. The molecule has 7 nitrogen and oxygen atoms in total. The van der Waals surface area contributed by atoms with Gasteiger partial charge in [-0.05, 0) is 42.8 Å². The SMILES string of the molecule is CCN(CC)S(=O)(=O)c1ccc([C@H](C)NC(=O)c2ccc(OC)c(OC)c2)cc1. The van der Waals surface area contributed by atoms with Gasteiger partial charge >= 0.3 is 0 Å². The van der Waals surface area contributed by atoms with Gasteiger partial charge in [0.25, 0.3) is 5.91 Å². The molecule has 1 N–H and O–H groups in total. The molecule has 0 saturated heterocycles. The van der Waals surface area contributed by atoms with E-state index in [2.05, 4.69) is 5.32 Å². The highest BCUT2D eigenvalue weighted by Gasteiger charge is 2.22. The Kier molecular flexibility index (Phi) is 7.64. The quantitative estimate of drug-likeness (QED) is 0.673. The van der Waals surface area contributed by atoms with E-state index in [0.717, 1.165) is 5.56 Å². The zero-order valence-corrected chi connectivity index (χ0v) is 18.2. The zero-order valence-electron chi connectivity index (χ0n) is 17.4. The fraction of sp³-hybridized carbons (Fsp3) is 0.381. The normalized spacial score (nSPS) is 12.5. The molecule has 2 aromatic carbocycles. The number of ether oxygens (including phenoxy) is 2. The first kappa shape index (κ1) is 22.7. The van der Waals surface area contributed by atoms with E-state index in [0.29, 0.717) is 30.2 Å². The summed E-state index contributed by atoms with van der Waals surface area (Å²) in [5.41, 5.74) is 1.24. The molecule has 0 radical (unpaired) electrons. The largest absolute Gasteiger partial charge is 0.493 e. The van der Waals surface area contributed by atoms with Crippen LogP contribution < -0.4 is 14.8 Å². The summed E-state index contributed by atoms with van der Waals surface area (Å²) in [7, 11) is -0.462. The molecule has 0 heterocycles. The second kappa shape index (κ2) is 9.76. The Morgan fingerprint density at radius 1 is 1.00 bits per heavy atom. The molecule has 1 atom stereocenters. The third-order valence-electron chi connectivity index (χ3n) is 4.72. The predicted molar refractivity (Wildman–Crippen MR) is 112 cm³/mol. The number of carbonyl (C=O) groups excluding carboxylic acids is 1. The molecule has 0 aliphatic carbocycles. The minimum atomic E-state index is -3.50. The monoisotopic (exact) mass is 420 g/mol. The Morgan fingerprint density at radius 2 is 1.59 bits per heavy atom. The number of methoxy groups -OCH3 is 2. The molecule has 0 aliphatic rings. The average molecular weight is 421 g/mol. The van der Waals surface area contributed by atoms with Gasteiger partial charge in [0.2, 0.25) is 10.0 Å². The number of hydrogen-bond acceptors (Lipinski definition) is 5. The van der Waals surface area contributed by atoms with Crippen LogP contribution in [0.15, 0.2) is 47.4 Å². The Labute approximate surface area is 172 Å². The van der Waals surface area contributed by atoms with Gasteiger partial charge in [-0.2, -0.15) is 4.31 Å². The number of nitrogens with one attached hydrogen (secondary N) is 1. The van der Waals surface area contributed by atoms with E-state index >= 15 is 0 Å². The second-order valence-corrected chi connectivity index (χ2v) is 8.36. The van der Waals surface area contributed by atoms with Gasteiger partial charge in [0, 0.05) is 18.7 Å². The van der Waals surface area contributed by atoms with Gasteiger partial charge in [0.1, 0.15) is 0 Å². The Balaban J connectivity index is 2.15. The number of carbonyl (C=O) groups is 1. The van der Waals surface area contributed by atoms with E-state index in [-0.39, 0.29) is 16.8 Å². The zero-order chi connectivity index (χ0) is 21.6. The molecule has 8 heteroatoms. The fourth-order valence-corrected chi connectivity index (χ4v) is 4.44. The lowest BCUT2D eigenvalue weighted by atomic mass is 10.1. The molecule has 2 aromatic rings. The summed E-state index contributed by atoms with van der Waals surface area (Å²) in [6.07, 6.45) is 0. The van der Waals surface area contributed by atoms with Crippen molar-refractivity contribution in [2.24, 2.45) is 0 Å². The van der Waals surface area contributed by atoms with Crippen LogP contribution in [0.25, 0.3) is 0 Å². The molecule has 29 heavy (non-hydrogen) atoms. The Morgan fingerprint density at radius 3 is 2.10 bits per heavy atom. The number of rotatable bonds is 9. The molecule has 2 rings (SSSR count). The van der Waals surface area contributed by atoms with E-state index in [4.69, 9.17) is 9.47 Å². The van der Waals surface area contributed by atoms with Crippen molar-refractivity contribution in [3.8, 4) is 11.5 Å². The number of hydrogen-bond donors (Lipinski definition) is 1. The summed E-state index contributed by atoms with van der Waals surface area (Å²) in [6.45, 7) is 6.28. The lowest BCUT2D eigenvalue weighted by Crippen LogP contribution is -2.30. The summed E-state index contributed by atoms with van der Waals surface area (Å²) in [4.78, 5) is 12.8. The maximum absolute atomic E-state index is 12.6. The summed E-state index contributed by atoms with van der Waals surface area (Å²) < 4.78 is 37.0. The fourth-order valence-electron chi connectivity index (χ4n) is 2.98. The maximum atomic E-state index is 12.6. The van der Waals surface area contributed by atoms with Gasteiger partial charge in [0.05, 0.1) is 25.2 Å². The highest BCUT2D eigenvalue weighted by atomic mass is 32.2. The van der Waals surface area contributed by atoms with Crippen LogP contribution in [0.4, 0.5) is 0 Å². The van der Waals surface area contributed by atoms with Crippen LogP contribution in [0.5, 0.6) is 11.5 Å². The van der Waals surface area contributed by atoms with Crippen LogP contribution in [0.1, 0.15) is 42.7 Å². The molecule has 0 bridgehead atoms. The third-order valence-corrected chi connectivity index (χ3v) is 6.78. The van der Waals surface area contributed by atoms with Crippen molar-refractivity contribution in [3.05, 3.63) is 53.6 Å². The maximum Gasteiger partial charge on any atom is 0.251 e. The summed E-state index contributed by atoms with van der Waals surface area (Å²) >= 11 is 0. The molecule has 0 aliphatic heterocycles. The van der Waals surface area contributed by atoms with Crippen LogP contribution in [-0.4, -0.2) is 45.9 Å². The lowest BCUT2D eigenvalue weighted by Gasteiger charge is -2.19. The van der Waals surface area contributed by atoms with Crippen LogP contribution in [0, 0.1) is 0 Å². The van der Waals surface area contributed by atoms with Crippen LogP contribution in [-0.2, 0) is 10.0 Å². The minimum Gasteiger partial charge on any atom is -0.493 e. The molecule has 0 aromatic heterocycles. The van der Waals surface area contributed by atoms with Crippen molar-refractivity contribution in [3.63, 3.8) is 0 Å². The number of amides is 1. The number of benzene rings is 2. The van der Waals surface area contributed by atoms with Crippen molar-refractivity contribution in [2.75, 3.05) is 27.3 Å². The highest BCUT2D eigenvalue weighted by Crippen LogP contribution is 2.28. The Bertz CT molecular complexity index is 938. The van der Waals surface area contributed by atoms with Crippen LogP contribution >= 0.6 is 0 Å². The first-order chi connectivity index (χ1) is 13.8. The van der Waals surface area contributed by atoms with Crippen molar-refractivity contribution in [1.82, 2.24) is 9.62 Å². The minimum absolute atomic E-state index is 0.239. The Hall–Kier alpha value is -2.58. The molecular weight excluding hydrogens is 392 g/mol. The van der Waals surface area contributed by atoms with E-state index in [1.165, 1.54) is 18.5 Å². The molecule has 1 amide bonds. The first-order valence-electron chi connectivity index (χ1n) is 9.41. The highest BCUT2D eigenvalue weighted by molar-refractivity contribution is 7.89. The smallest absolute Gasteiger partial charge is 0.251 e. The third kappa shape index (κ3) is 5.07. The van der Waals surface area contributed by atoms with E-state index < -0.39 is 10.0 Å². The molecule has 0 unspecified atom stereocenters. The van der Waals surface area contributed by atoms with Crippen molar-refractivity contribution in [2.45, 2.75) is 31.7 Å². The van der Waals surface area contributed by atoms with E-state index in [1.54, 1.807) is 56.3 Å². The van der Waals surface area contributed by atoms with Crippen LogP contribution in [0.2, 0.25) is 0 Å². The molecular formula is C21H28N2O5S. The van der Waals surface area contributed by atoms with Crippen molar-refractivity contribution < 1.29 is 22.7 Å². The van der Waals surface area contributed by atoms with Gasteiger partial charge in [-0.3, -0.25) is 4.79 Å². The molecule has 0 saturated carbocycles. The van der Waals surface area contributed by atoms with Gasteiger partial charge in [-0.25, -0.2) is 8.42 Å². The lowest BCUT2D eigenvalue weighted by molar-refractivity contribution is 0.0939. The summed E-state index contributed by atoms with van der Waals surface area (Å²) in [6, 6.07) is 11.2. The summed E-state index contributed by atoms with van der Waals surface area (Å²) in [5, 5.41) is 2.91. The summed E-state index contributed by atoms with van der Waals surface area (Å²) in [5.74, 6) is 0.749. The van der Waals surface area contributed by atoms with Gasteiger partial charge in [-0.15, -0.1) is 0 Å². The van der Waals surface area contributed by atoms with Crippen molar-refractivity contribution in [1.29, 1.82) is 0 Å². The van der Waals surface area contributed by atoms with Crippen LogP contribution in [0.3, 0.4) is 0 Å². The average Bonchev–Trinajstić information content (AvgIpc) is 2.73. The van der Waals surface area contributed by atoms with Gasteiger partial charge in [0.15, 0.2) is 11.5 Å². The van der Waals surface area contributed by atoms with Gasteiger partial charge < -0.3 is 14.8 Å². The van der Waals surface area contributed by atoms with Gasteiger partial charge in [-0.1, -0.05) is 26.0 Å². The predicted octanol–water partition coefficient (Wildman–Crippen LogP) is 3.23.